The third-order valence-corrected chi connectivity index (χ3v) is 3.48. The van der Waals surface area contributed by atoms with E-state index in [0.29, 0.717) is 12.3 Å². The first-order valence-corrected chi connectivity index (χ1v) is 6.52. The summed E-state index contributed by atoms with van der Waals surface area (Å²) in [6, 6.07) is 0. The summed E-state index contributed by atoms with van der Waals surface area (Å²) < 4.78 is 7.27. The van der Waals surface area contributed by atoms with Gasteiger partial charge in [-0.25, -0.2) is 9.67 Å². The molecule has 104 valence electrons. The smallest absolute Gasteiger partial charge is 0.138 e. The van der Waals surface area contributed by atoms with Gasteiger partial charge < -0.3 is 9.84 Å². The highest BCUT2D eigenvalue weighted by molar-refractivity contribution is 4.94. The Balaban J connectivity index is 2.75. The van der Waals surface area contributed by atoms with Crippen LogP contribution in [-0.4, -0.2) is 38.7 Å². The molecule has 0 saturated heterocycles. The number of nitrogens with zero attached hydrogens (tertiary/aromatic N) is 3. The van der Waals surface area contributed by atoms with Gasteiger partial charge in [-0.05, 0) is 19.3 Å². The number of methoxy groups -OCH3 is 1. The van der Waals surface area contributed by atoms with Gasteiger partial charge in [-0.3, -0.25) is 0 Å². The fourth-order valence-electron chi connectivity index (χ4n) is 1.85. The predicted molar refractivity (Wildman–Crippen MR) is 70.3 cm³/mol. The first kappa shape index (κ1) is 15.1. The van der Waals surface area contributed by atoms with Gasteiger partial charge in [0.1, 0.15) is 12.2 Å². The van der Waals surface area contributed by atoms with Crippen molar-refractivity contribution in [1.82, 2.24) is 14.8 Å². The molecule has 5 heteroatoms. The van der Waals surface area contributed by atoms with Gasteiger partial charge in [0, 0.05) is 20.1 Å². The Morgan fingerprint density at radius 1 is 1.50 bits per heavy atom. The normalized spacial score (nSPS) is 16.8. The summed E-state index contributed by atoms with van der Waals surface area (Å²) in [6.45, 7) is 9.00. The van der Waals surface area contributed by atoms with Gasteiger partial charge in [0.15, 0.2) is 0 Å². The van der Waals surface area contributed by atoms with E-state index in [2.05, 4.69) is 23.9 Å². The van der Waals surface area contributed by atoms with Gasteiger partial charge in [0.2, 0.25) is 0 Å². The maximum Gasteiger partial charge on any atom is 0.138 e. The Bertz CT molecular complexity index is 359. The number of aliphatic hydroxyl groups excluding tert-OH is 1. The van der Waals surface area contributed by atoms with Crippen molar-refractivity contribution >= 4 is 0 Å². The lowest BCUT2D eigenvalue weighted by Gasteiger charge is -2.32. The molecule has 1 aromatic heterocycles. The van der Waals surface area contributed by atoms with Crippen molar-refractivity contribution in [2.75, 3.05) is 7.11 Å². The molecule has 1 N–H and O–H groups in total. The van der Waals surface area contributed by atoms with E-state index in [4.69, 9.17) is 4.74 Å². The average molecular weight is 255 g/mol. The van der Waals surface area contributed by atoms with Crippen LogP contribution < -0.4 is 0 Å². The molecule has 2 atom stereocenters. The second kappa shape index (κ2) is 6.29. The Morgan fingerprint density at radius 2 is 2.17 bits per heavy atom. The summed E-state index contributed by atoms with van der Waals surface area (Å²) in [5.41, 5.74) is -0.533. The van der Waals surface area contributed by atoms with Crippen molar-refractivity contribution < 1.29 is 9.84 Å². The lowest BCUT2D eigenvalue weighted by molar-refractivity contribution is -0.0923. The highest BCUT2D eigenvalue weighted by Gasteiger charge is 2.32. The maximum atomic E-state index is 10.3. The fourth-order valence-corrected chi connectivity index (χ4v) is 1.85. The van der Waals surface area contributed by atoms with Crippen LogP contribution in [0.4, 0.5) is 0 Å². The number of ether oxygens (including phenoxy) is 1. The predicted octanol–water partition coefficient (Wildman–Crippen LogP) is 1.65. The molecule has 1 rings (SSSR count). The van der Waals surface area contributed by atoms with Crippen LogP contribution in [0.2, 0.25) is 0 Å². The van der Waals surface area contributed by atoms with Crippen LogP contribution in [0.25, 0.3) is 0 Å². The zero-order valence-corrected chi connectivity index (χ0v) is 12.1. The molecule has 0 fully saturated rings. The van der Waals surface area contributed by atoms with Gasteiger partial charge in [0.25, 0.3) is 0 Å². The lowest BCUT2D eigenvalue weighted by Crippen LogP contribution is -2.42. The van der Waals surface area contributed by atoms with Crippen LogP contribution in [0.5, 0.6) is 0 Å². The van der Waals surface area contributed by atoms with E-state index in [0.717, 1.165) is 18.8 Å². The topological polar surface area (TPSA) is 60.2 Å². The minimum atomic E-state index is -0.581. The van der Waals surface area contributed by atoms with Gasteiger partial charge in [-0.2, -0.15) is 5.10 Å². The minimum absolute atomic E-state index is 0.463. The molecule has 0 saturated carbocycles. The van der Waals surface area contributed by atoms with Gasteiger partial charge in [-0.1, -0.05) is 20.8 Å². The van der Waals surface area contributed by atoms with Crippen LogP contribution in [0.1, 0.15) is 39.9 Å². The zero-order chi connectivity index (χ0) is 13.8. The summed E-state index contributed by atoms with van der Waals surface area (Å²) in [4.78, 5) is 4.23. The number of aliphatic hydroxyl groups is 1. The molecule has 18 heavy (non-hydrogen) atoms. The highest BCUT2D eigenvalue weighted by atomic mass is 16.5. The Labute approximate surface area is 109 Å². The molecule has 0 aliphatic carbocycles. The molecule has 2 unspecified atom stereocenters. The van der Waals surface area contributed by atoms with E-state index in [1.807, 2.05) is 18.5 Å². The molecular formula is C13H25N3O2. The van der Waals surface area contributed by atoms with E-state index in [1.54, 1.807) is 13.4 Å². The number of hydrogen-bond donors (Lipinski definition) is 1. The first-order valence-electron chi connectivity index (χ1n) is 6.52. The average Bonchev–Trinajstić information content (AvgIpc) is 2.74. The Kier molecular flexibility index (Phi) is 5.28. The standard InChI is InChI=1S/C13H25N3O2/c1-6-13(4,18-5)11(17)7-12-14-9-15-16(12)8-10(2)3/h9-11,17H,6-8H2,1-5H3. The number of rotatable bonds is 7. The summed E-state index contributed by atoms with van der Waals surface area (Å²) >= 11 is 0. The zero-order valence-electron chi connectivity index (χ0n) is 12.1. The molecule has 0 amide bonds. The molecule has 0 radical (unpaired) electrons. The molecule has 0 aliphatic heterocycles. The van der Waals surface area contributed by atoms with Gasteiger partial charge in [-0.15, -0.1) is 0 Å². The third kappa shape index (κ3) is 3.53. The van der Waals surface area contributed by atoms with Crippen LogP contribution in [-0.2, 0) is 17.7 Å². The largest absolute Gasteiger partial charge is 0.390 e. The second-order valence-corrected chi connectivity index (χ2v) is 5.34. The molecule has 0 spiro atoms. The van der Waals surface area contributed by atoms with Crippen LogP contribution in [0, 0.1) is 5.92 Å². The SMILES string of the molecule is CCC(C)(OC)C(O)Cc1ncnn1CC(C)C. The fraction of sp³-hybridized carbons (Fsp3) is 0.846. The summed E-state index contributed by atoms with van der Waals surface area (Å²) in [5, 5.41) is 14.5. The molecule has 1 aromatic rings. The summed E-state index contributed by atoms with van der Waals surface area (Å²) in [7, 11) is 1.63. The van der Waals surface area contributed by atoms with Crippen molar-refractivity contribution in [1.29, 1.82) is 0 Å². The van der Waals surface area contributed by atoms with Crippen LogP contribution >= 0.6 is 0 Å². The Morgan fingerprint density at radius 3 is 2.67 bits per heavy atom. The monoisotopic (exact) mass is 255 g/mol. The van der Waals surface area contributed by atoms with Crippen molar-refractivity contribution in [2.24, 2.45) is 5.92 Å². The molecule has 0 aromatic carbocycles. The third-order valence-electron chi connectivity index (χ3n) is 3.48. The minimum Gasteiger partial charge on any atom is -0.390 e. The summed E-state index contributed by atoms with van der Waals surface area (Å²) in [5.74, 6) is 1.32. The van der Waals surface area contributed by atoms with Crippen molar-refractivity contribution in [3.63, 3.8) is 0 Å². The van der Waals surface area contributed by atoms with E-state index >= 15 is 0 Å². The lowest BCUT2D eigenvalue weighted by atomic mass is 9.93. The summed E-state index contributed by atoms with van der Waals surface area (Å²) in [6.07, 6.45) is 2.18. The molecular weight excluding hydrogens is 230 g/mol. The van der Waals surface area contributed by atoms with Gasteiger partial charge >= 0.3 is 0 Å². The quantitative estimate of drug-likeness (QED) is 0.805. The van der Waals surface area contributed by atoms with E-state index in [-0.39, 0.29) is 0 Å². The van der Waals surface area contributed by atoms with Crippen LogP contribution in [0.3, 0.4) is 0 Å². The molecule has 5 nitrogen and oxygen atoms in total. The molecule has 1 heterocycles. The van der Waals surface area contributed by atoms with Crippen LogP contribution in [0.15, 0.2) is 6.33 Å². The number of aromatic nitrogens is 3. The van der Waals surface area contributed by atoms with Gasteiger partial charge in [0.05, 0.1) is 11.7 Å². The Hall–Kier alpha value is -0.940. The molecule has 0 bridgehead atoms. The number of hydrogen-bond acceptors (Lipinski definition) is 4. The van der Waals surface area contributed by atoms with E-state index < -0.39 is 11.7 Å². The second-order valence-electron chi connectivity index (χ2n) is 5.34. The highest BCUT2D eigenvalue weighted by Crippen LogP contribution is 2.21. The first-order chi connectivity index (χ1) is 8.42. The van der Waals surface area contributed by atoms with E-state index in [9.17, 15) is 5.11 Å². The van der Waals surface area contributed by atoms with Crippen molar-refractivity contribution in [3.05, 3.63) is 12.2 Å². The van der Waals surface area contributed by atoms with Crippen molar-refractivity contribution in [3.8, 4) is 0 Å². The van der Waals surface area contributed by atoms with E-state index in [1.165, 1.54) is 0 Å². The van der Waals surface area contributed by atoms with Crippen molar-refractivity contribution in [2.45, 2.75) is 58.8 Å². The molecule has 0 aliphatic rings. The maximum absolute atomic E-state index is 10.3.